The van der Waals surface area contributed by atoms with E-state index >= 15 is 0 Å². The zero-order valence-electron chi connectivity index (χ0n) is 16.6. The predicted octanol–water partition coefficient (Wildman–Crippen LogP) is 0.824. The van der Waals surface area contributed by atoms with Gasteiger partial charge in [-0.2, -0.15) is 0 Å². The molecule has 164 valence electrons. The molecule has 0 aliphatic carbocycles. The summed E-state index contributed by atoms with van der Waals surface area (Å²) < 4.78 is 48.3. The van der Waals surface area contributed by atoms with Gasteiger partial charge in [-0.3, -0.25) is 0 Å². The molecule has 0 saturated carbocycles. The molecule has 31 heavy (non-hydrogen) atoms. The van der Waals surface area contributed by atoms with Crippen LogP contribution in [0.4, 0.5) is 19.0 Å². The molecule has 1 saturated heterocycles. The minimum absolute atomic E-state index is 0. The number of rotatable bonds is 5. The summed E-state index contributed by atoms with van der Waals surface area (Å²) in [5.74, 6) is 0.605. The van der Waals surface area contributed by atoms with E-state index in [1.54, 1.807) is 12.1 Å². The zero-order valence-corrected chi connectivity index (χ0v) is 18.1. The van der Waals surface area contributed by atoms with E-state index in [0.717, 1.165) is 35.6 Å². The Labute approximate surface area is 188 Å². The Bertz CT molecular complexity index is 980. The average molecular weight is 496 g/mol. The van der Waals surface area contributed by atoms with E-state index < -0.39 is 6.36 Å². The highest BCUT2D eigenvalue weighted by molar-refractivity contribution is 5.64. The minimum Gasteiger partial charge on any atom is -1.00 e. The molecule has 3 aromatic rings. The van der Waals surface area contributed by atoms with Crippen LogP contribution in [0.15, 0.2) is 66.9 Å². The van der Waals surface area contributed by atoms with Crippen molar-refractivity contribution in [3.05, 3.63) is 72.4 Å². The van der Waals surface area contributed by atoms with Crippen molar-refractivity contribution < 1.29 is 44.3 Å². The molecule has 1 aliphatic heterocycles. The van der Waals surface area contributed by atoms with Gasteiger partial charge in [0.05, 0.1) is 18.8 Å². The van der Waals surface area contributed by atoms with Crippen LogP contribution in [-0.4, -0.2) is 37.8 Å². The number of anilines is 1. The first-order valence-corrected chi connectivity index (χ1v) is 9.61. The Morgan fingerprint density at radius 1 is 0.968 bits per heavy atom. The van der Waals surface area contributed by atoms with Crippen molar-refractivity contribution in [3.63, 3.8) is 0 Å². The molecule has 0 radical (unpaired) electrons. The Balaban J connectivity index is 0.00000272. The molecular formula is C22H21BrF3N3O2. The van der Waals surface area contributed by atoms with Crippen molar-refractivity contribution in [1.29, 1.82) is 0 Å². The smallest absolute Gasteiger partial charge is 0.573 e. The van der Waals surface area contributed by atoms with Crippen molar-refractivity contribution in [3.8, 4) is 16.9 Å². The van der Waals surface area contributed by atoms with Crippen LogP contribution in [0.2, 0.25) is 0 Å². The molecule has 2 heterocycles. The lowest BCUT2D eigenvalue weighted by Crippen LogP contribution is -3.00. The third-order valence-corrected chi connectivity index (χ3v) is 4.75. The highest BCUT2D eigenvalue weighted by atomic mass is 79.9. The van der Waals surface area contributed by atoms with Crippen LogP contribution in [0, 0.1) is 0 Å². The molecule has 0 bridgehead atoms. The Morgan fingerprint density at radius 3 is 2.29 bits per heavy atom. The molecule has 1 fully saturated rings. The molecule has 0 atom stereocenters. The predicted molar refractivity (Wildman–Crippen MR) is 105 cm³/mol. The summed E-state index contributed by atoms with van der Waals surface area (Å²) in [6, 6.07) is 17.9. The molecule has 0 amide bonds. The molecule has 1 aliphatic rings. The fourth-order valence-electron chi connectivity index (χ4n) is 3.33. The molecule has 2 aromatic carbocycles. The molecule has 1 aromatic heterocycles. The van der Waals surface area contributed by atoms with E-state index in [4.69, 9.17) is 9.84 Å². The Hall–Kier alpha value is -2.65. The van der Waals surface area contributed by atoms with Gasteiger partial charge in [-0.1, -0.05) is 35.0 Å². The minimum atomic E-state index is -4.70. The van der Waals surface area contributed by atoms with E-state index in [1.165, 1.54) is 12.1 Å². The fraction of sp³-hybridized carbons (Fsp3) is 0.273. The molecule has 4 rings (SSSR count). The summed E-state index contributed by atoms with van der Waals surface area (Å²) >= 11 is 0. The highest BCUT2D eigenvalue weighted by Crippen LogP contribution is 2.24. The van der Waals surface area contributed by atoms with E-state index in [1.807, 2.05) is 41.2 Å². The van der Waals surface area contributed by atoms with E-state index in [0.29, 0.717) is 19.8 Å². The van der Waals surface area contributed by atoms with Gasteiger partial charge in [-0.25, -0.2) is 0 Å². The first kappa shape index (κ1) is 23.0. The third kappa shape index (κ3) is 6.41. The lowest BCUT2D eigenvalue weighted by molar-refractivity contribution is -0.744. The van der Waals surface area contributed by atoms with Gasteiger partial charge < -0.3 is 31.4 Å². The quantitative estimate of drug-likeness (QED) is 0.491. The lowest BCUT2D eigenvalue weighted by atomic mass is 10.1. The average Bonchev–Trinajstić information content (AvgIpc) is 2.75. The summed E-state index contributed by atoms with van der Waals surface area (Å²) in [5, 5.41) is 4.74. The number of morpholine rings is 1. The van der Waals surface area contributed by atoms with Gasteiger partial charge in [0.1, 0.15) is 5.75 Å². The van der Waals surface area contributed by atoms with E-state index in [9.17, 15) is 13.2 Å². The van der Waals surface area contributed by atoms with Gasteiger partial charge in [0.25, 0.3) is 0 Å². The number of nitrogens with zero attached hydrogens (tertiary/aromatic N) is 3. The van der Waals surface area contributed by atoms with Crippen LogP contribution in [-0.2, 0) is 11.3 Å². The monoisotopic (exact) mass is 495 g/mol. The molecule has 0 spiro atoms. The highest BCUT2D eigenvalue weighted by Gasteiger charge is 2.31. The Kier molecular flexibility index (Phi) is 7.50. The number of aromatic nitrogens is 2. The van der Waals surface area contributed by atoms with Gasteiger partial charge in [-0.15, -0.1) is 13.2 Å². The summed E-state index contributed by atoms with van der Waals surface area (Å²) in [6.07, 6.45) is -2.76. The van der Waals surface area contributed by atoms with Gasteiger partial charge in [0.2, 0.25) is 6.20 Å². The van der Waals surface area contributed by atoms with E-state index in [-0.39, 0.29) is 22.7 Å². The first-order valence-electron chi connectivity index (χ1n) is 9.61. The zero-order chi connectivity index (χ0) is 21.0. The summed E-state index contributed by atoms with van der Waals surface area (Å²) in [6.45, 7) is 3.24. The molecule has 9 heteroatoms. The van der Waals surface area contributed by atoms with Crippen LogP contribution in [0.1, 0.15) is 5.56 Å². The summed E-state index contributed by atoms with van der Waals surface area (Å²) in [7, 11) is 0. The molecular weight excluding hydrogens is 475 g/mol. The standard InChI is InChI=1S/C22H21F3N3O2.BrH/c23-22(24,25)30-20-8-6-17(7-9-20)15-28-16-19(18-4-2-1-3-5-18)14-21(26-28)27-10-12-29-13-11-27;/h1-9,14,16H,10-13,15H2;1H/q+1;/p-1. The fourth-order valence-corrected chi connectivity index (χ4v) is 3.33. The largest absolute Gasteiger partial charge is 1.00 e. The maximum Gasteiger partial charge on any atom is 0.573 e. The maximum atomic E-state index is 12.4. The first-order chi connectivity index (χ1) is 14.5. The van der Waals surface area contributed by atoms with Gasteiger partial charge in [-0.05, 0) is 29.8 Å². The number of halogens is 4. The maximum absolute atomic E-state index is 12.4. The van der Waals surface area contributed by atoms with Gasteiger partial charge >= 0.3 is 6.36 Å². The molecule has 0 N–H and O–H groups in total. The van der Waals surface area contributed by atoms with Crippen LogP contribution in [0.3, 0.4) is 0 Å². The van der Waals surface area contributed by atoms with E-state index in [2.05, 4.69) is 15.7 Å². The normalized spacial score (nSPS) is 14.1. The number of benzene rings is 2. The second-order valence-electron chi connectivity index (χ2n) is 6.94. The lowest BCUT2D eigenvalue weighted by Gasteiger charge is -2.26. The Morgan fingerprint density at radius 2 is 1.65 bits per heavy atom. The van der Waals surface area contributed by atoms with Crippen LogP contribution in [0.5, 0.6) is 5.75 Å². The van der Waals surface area contributed by atoms with Crippen molar-refractivity contribution >= 4 is 5.82 Å². The van der Waals surface area contributed by atoms with Crippen molar-refractivity contribution in [2.75, 3.05) is 31.2 Å². The SMILES string of the molecule is FC(F)(F)Oc1ccc(C[n+]2cc(-c3ccccc3)cc(N3CCOCC3)n2)cc1.[Br-]. The van der Waals surface area contributed by atoms with Gasteiger partial charge in [0.15, 0.2) is 12.4 Å². The second kappa shape index (κ2) is 10.1. The van der Waals surface area contributed by atoms with Crippen LogP contribution < -0.4 is 31.3 Å². The second-order valence-corrected chi connectivity index (χ2v) is 6.94. The molecule has 0 unspecified atom stereocenters. The molecule has 5 nitrogen and oxygen atoms in total. The number of ether oxygens (including phenoxy) is 2. The van der Waals surface area contributed by atoms with Crippen molar-refractivity contribution in [2.24, 2.45) is 0 Å². The number of hydrogen-bond acceptors (Lipinski definition) is 4. The number of alkyl halides is 3. The summed E-state index contributed by atoms with van der Waals surface area (Å²) in [4.78, 5) is 2.17. The topological polar surface area (TPSA) is 38.5 Å². The van der Waals surface area contributed by atoms with Crippen molar-refractivity contribution in [2.45, 2.75) is 12.9 Å². The van der Waals surface area contributed by atoms with Crippen LogP contribution >= 0.6 is 0 Å². The number of hydrogen-bond donors (Lipinski definition) is 0. The van der Waals surface area contributed by atoms with Crippen molar-refractivity contribution in [1.82, 2.24) is 5.10 Å². The summed E-state index contributed by atoms with van der Waals surface area (Å²) in [5.41, 5.74) is 2.90. The third-order valence-electron chi connectivity index (χ3n) is 4.75. The van der Waals surface area contributed by atoms with Crippen LogP contribution in [0.25, 0.3) is 11.1 Å². The van der Waals surface area contributed by atoms with Gasteiger partial charge in [0, 0.05) is 29.8 Å².